The van der Waals surface area contributed by atoms with Crippen LogP contribution in [0.1, 0.15) is 46.6 Å². The average molecular weight is 419 g/mol. The van der Waals surface area contributed by atoms with E-state index in [1.165, 1.54) is 0 Å². The Balaban J connectivity index is 3.16. The third kappa shape index (κ3) is 8.14. The predicted molar refractivity (Wildman–Crippen MR) is 120 cm³/mol. The molecule has 0 saturated heterocycles. The second kappa shape index (κ2) is 13.0. The number of nitrogens with zero attached hydrogens (tertiary/aromatic N) is 3. The van der Waals surface area contributed by atoms with Gasteiger partial charge in [0.05, 0.1) is 6.04 Å². The van der Waals surface area contributed by atoms with Crippen LogP contribution >= 0.6 is 0 Å². The molecule has 0 aromatic heterocycles. The summed E-state index contributed by atoms with van der Waals surface area (Å²) in [6.07, 6.45) is 1.34. The quantitative estimate of drug-likeness (QED) is 0.562. The van der Waals surface area contributed by atoms with Crippen LogP contribution in [0.5, 0.6) is 0 Å². The molecule has 0 aliphatic heterocycles. The van der Waals surface area contributed by atoms with Crippen molar-refractivity contribution in [1.82, 2.24) is 14.7 Å². The van der Waals surface area contributed by atoms with E-state index in [2.05, 4.69) is 0 Å². The van der Waals surface area contributed by atoms with Crippen molar-refractivity contribution < 1.29 is 14.4 Å². The average Bonchev–Trinajstić information content (AvgIpc) is 2.69. The number of benzene rings is 1. The highest BCUT2D eigenvalue weighted by Gasteiger charge is 2.28. The van der Waals surface area contributed by atoms with Crippen molar-refractivity contribution in [3.8, 4) is 0 Å². The summed E-state index contributed by atoms with van der Waals surface area (Å²) in [6.45, 7) is 11.0. The number of carbonyl (C=O) groups excluding carboxylic acids is 3. The lowest BCUT2D eigenvalue weighted by atomic mass is 10.0. The Labute approximate surface area is 181 Å². The molecule has 7 heteroatoms. The van der Waals surface area contributed by atoms with Gasteiger partial charge in [0.1, 0.15) is 0 Å². The van der Waals surface area contributed by atoms with Crippen LogP contribution in [0.2, 0.25) is 0 Å². The van der Waals surface area contributed by atoms with Gasteiger partial charge >= 0.3 is 0 Å². The maximum Gasteiger partial charge on any atom is 0.219 e. The van der Waals surface area contributed by atoms with Crippen LogP contribution in [0, 0.1) is 0 Å². The van der Waals surface area contributed by atoms with Gasteiger partial charge in [-0.05, 0) is 38.8 Å². The fourth-order valence-corrected chi connectivity index (χ4v) is 3.84. The van der Waals surface area contributed by atoms with E-state index in [1.807, 2.05) is 49.1 Å². The maximum atomic E-state index is 12.7. The molecule has 2 N–H and O–H groups in total. The number of carbonyl (C=O) groups is 3. The summed E-state index contributed by atoms with van der Waals surface area (Å²) in [4.78, 5) is 42.2. The van der Waals surface area contributed by atoms with Gasteiger partial charge in [-0.3, -0.25) is 14.4 Å². The molecule has 3 amide bonds. The van der Waals surface area contributed by atoms with Gasteiger partial charge in [0.2, 0.25) is 17.7 Å². The molecule has 1 aromatic rings. The minimum atomic E-state index is -0.195. The van der Waals surface area contributed by atoms with Gasteiger partial charge in [0.25, 0.3) is 0 Å². The Morgan fingerprint density at radius 2 is 1.53 bits per heavy atom. The van der Waals surface area contributed by atoms with Crippen LogP contribution in [0.15, 0.2) is 30.3 Å². The number of hydrogen-bond acceptors (Lipinski definition) is 4. The van der Waals surface area contributed by atoms with Crippen LogP contribution in [-0.4, -0.2) is 77.2 Å². The van der Waals surface area contributed by atoms with E-state index < -0.39 is 0 Å². The fraction of sp³-hybridized carbons (Fsp3) is 0.609. The first kappa shape index (κ1) is 25.6. The SMILES string of the molecule is CCN(C(C)=O)[C@@H](C)CN(C(C)=O)[C@@H](Cc1ccccc1)CN(CCCN)C(C)=O. The largest absolute Gasteiger partial charge is 0.341 e. The van der Waals surface area contributed by atoms with E-state index >= 15 is 0 Å². The highest BCUT2D eigenvalue weighted by atomic mass is 16.2. The molecule has 7 nitrogen and oxygen atoms in total. The molecule has 0 saturated carbocycles. The molecule has 0 radical (unpaired) electrons. The van der Waals surface area contributed by atoms with E-state index in [0.29, 0.717) is 45.6 Å². The number of likely N-dealkylation sites (N-methyl/N-ethyl adjacent to an activating group) is 1. The first-order valence-electron chi connectivity index (χ1n) is 10.7. The van der Waals surface area contributed by atoms with E-state index in [1.54, 1.807) is 30.6 Å². The van der Waals surface area contributed by atoms with Crippen molar-refractivity contribution in [1.29, 1.82) is 0 Å². The molecule has 168 valence electrons. The van der Waals surface area contributed by atoms with Crippen molar-refractivity contribution in [3.63, 3.8) is 0 Å². The molecule has 0 aliphatic rings. The third-order valence-corrected chi connectivity index (χ3v) is 5.41. The molecular formula is C23H38N4O3. The summed E-state index contributed by atoms with van der Waals surface area (Å²) in [5.74, 6) is -0.108. The highest BCUT2D eigenvalue weighted by molar-refractivity contribution is 5.76. The molecule has 0 unspecified atom stereocenters. The standard InChI is InChI=1S/C23H38N4O3/c1-6-26(20(4)29)18(2)16-27(21(5)30)23(15-22-11-8-7-9-12-22)17-25(19(3)28)14-10-13-24/h7-9,11-12,18,23H,6,10,13-17,24H2,1-5H3/t18-,23-/m0/s1. The monoisotopic (exact) mass is 418 g/mol. The van der Waals surface area contributed by atoms with Gasteiger partial charge < -0.3 is 20.4 Å². The zero-order chi connectivity index (χ0) is 22.7. The molecule has 0 bridgehead atoms. The number of nitrogens with two attached hydrogens (primary N) is 1. The third-order valence-electron chi connectivity index (χ3n) is 5.41. The normalized spacial score (nSPS) is 12.7. The molecule has 0 spiro atoms. The van der Waals surface area contributed by atoms with Gasteiger partial charge in [-0.2, -0.15) is 0 Å². The molecule has 0 aliphatic carbocycles. The lowest BCUT2D eigenvalue weighted by molar-refractivity contribution is -0.138. The second-order valence-corrected chi connectivity index (χ2v) is 7.78. The molecular weight excluding hydrogens is 380 g/mol. The lowest BCUT2D eigenvalue weighted by Crippen LogP contribution is -2.53. The zero-order valence-electron chi connectivity index (χ0n) is 19.1. The van der Waals surface area contributed by atoms with Gasteiger partial charge in [0, 0.05) is 53.0 Å². The van der Waals surface area contributed by atoms with Crippen LogP contribution in [0.4, 0.5) is 0 Å². The number of rotatable bonds is 12. The maximum absolute atomic E-state index is 12.7. The first-order valence-corrected chi connectivity index (χ1v) is 10.7. The van der Waals surface area contributed by atoms with E-state index in [9.17, 15) is 14.4 Å². The van der Waals surface area contributed by atoms with Crippen LogP contribution in [-0.2, 0) is 20.8 Å². The highest BCUT2D eigenvalue weighted by Crippen LogP contribution is 2.15. The van der Waals surface area contributed by atoms with Gasteiger partial charge in [-0.1, -0.05) is 30.3 Å². The molecule has 0 fully saturated rings. The molecule has 0 heterocycles. The molecule has 30 heavy (non-hydrogen) atoms. The Morgan fingerprint density at radius 3 is 2.00 bits per heavy atom. The van der Waals surface area contributed by atoms with E-state index in [4.69, 9.17) is 5.73 Å². The van der Waals surface area contributed by atoms with Crippen LogP contribution < -0.4 is 5.73 Å². The first-order chi connectivity index (χ1) is 14.2. The molecule has 2 atom stereocenters. The van der Waals surface area contributed by atoms with Crippen molar-refractivity contribution >= 4 is 17.7 Å². The van der Waals surface area contributed by atoms with Crippen molar-refractivity contribution in [3.05, 3.63) is 35.9 Å². The molecule has 1 aromatic carbocycles. The summed E-state index contributed by atoms with van der Waals surface area (Å²) in [5.41, 5.74) is 6.74. The van der Waals surface area contributed by atoms with E-state index in [-0.39, 0.29) is 29.8 Å². The zero-order valence-corrected chi connectivity index (χ0v) is 19.1. The lowest BCUT2D eigenvalue weighted by Gasteiger charge is -2.38. The van der Waals surface area contributed by atoms with Gasteiger partial charge in [-0.25, -0.2) is 0 Å². The predicted octanol–water partition coefficient (Wildman–Crippen LogP) is 1.90. The van der Waals surface area contributed by atoms with Gasteiger partial charge in [0.15, 0.2) is 0 Å². The van der Waals surface area contributed by atoms with Crippen LogP contribution in [0.3, 0.4) is 0 Å². The second-order valence-electron chi connectivity index (χ2n) is 7.78. The van der Waals surface area contributed by atoms with Crippen molar-refractivity contribution in [2.75, 3.05) is 32.7 Å². The number of hydrogen-bond donors (Lipinski definition) is 1. The Kier molecular flexibility index (Phi) is 11.1. The Morgan fingerprint density at radius 1 is 0.933 bits per heavy atom. The van der Waals surface area contributed by atoms with Crippen molar-refractivity contribution in [2.45, 2.75) is 59.5 Å². The minimum absolute atomic E-state index is 0.0126. The summed E-state index contributed by atoms with van der Waals surface area (Å²) >= 11 is 0. The Hall–Kier alpha value is -2.41. The summed E-state index contributed by atoms with van der Waals surface area (Å²) in [5, 5.41) is 0. The topological polar surface area (TPSA) is 87.0 Å². The summed E-state index contributed by atoms with van der Waals surface area (Å²) in [6, 6.07) is 9.64. The summed E-state index contributed by atoms with van der Waals surface area (Å²) in [7, 11) is 0. The van der Waals surface area contributed by atoms with Crippen molar-refractivity contribution in [2.24, 2.45) is 5.73 Å². The van der Waals surface area contributed by atoms with E-state index in [0.717, 1.165) is 5.56 Å². The fourth-order valence-electron chi connectivity index (χ4n) is 3.84. The smallest absolute Gasteiger partial charge is 0.219 e. The Bertz CT molecular complexity index is 680. The number of amides is 3. The van der Waals surface area contributed by atoms with Crippen LogP contribution in [0.25, 0.3) is 0 Å². The molecule has 1 rings (SSSR count). The minimum Gasteiger partial charge on any atom is -0.341 e. The van der Waals surface area contributed by atoms with Gasteiger partial charge in [-0.15, -0.1) is 0 Å². The summed E-state index contributed by atoms with van der Waals surface area (Å²) < 4.78 is 0.